The summed E-state index contributed by atoms with van der Waals surface area (Å²) in [5.74, 6) is 0.788. The van der Waals surface area contributed by atoms with Gasteiger partial charge in [-0.25, -0.2) is 0 Å². The van der Waals surface area contributed by atoms with Gasteiger partial charge < -0.3 is 5.32 Å². The Balaban J connectivity index is 1.93. The predicted molar refractivity (Wildman–Crippen MR) is 103 cm³/mol. The Hall–Kier alpha value is -1.83. The fourth-order valence-electron chi connectivity index (χ4n) is 3.26. The van der Waals surface area contributed by atoms with Crippen LogP contribution in [0, 0.1) is 11.8 Å². The maximum atomic E-state index is 12.5. The lowest BCUT2D eigenvalue weighted by molar-refractivity contribution is -0.124. The summed E-state index contributed by atoms with van der Waals surface area (Å²) in [6.07, 6.45) is 5.61. The Morgan fingerprint density at radius 3 is 2.58 bits per heavy atom. The van der Waals surface area contributed by atoms with Gasteiger partial charge in [0.15, 0.2) is 0 Å². The first-order chi connectivity index (χ1) is 11.7. The normalized spacial score (nSPS) is 13.6. The van der Waals surface area contributed by atoms with E-state index in [4.69, 9.17) is 0 Å². The highest BCUT2D eigenvalue weighted by atomic mass is 16.1. The first-order valence-electron chi connectivity index (χ1n) is 9.40. The Morgan fingerprint density at radius 2 is 1.83 bits per heavy atom. The molecule has 0 unspecified atom stereocenters. The second-order valence-electron chi connectivity index (χ2n) is 6.91. The average Bonchev–Trinajstić information content (AvgIpc) is 2.62. The van der Waals surface area contributed by atoms with Crippen LogP contribution in [0.3, 0.4) is 0 Å². The van der Waals surface area contributed by atoms with Gasteiger partial charge in [-0.3, -0.25) is 4.79 Å². The first kappa shape index (κ1) is 18.5. The second kappa shape index (κ2) is 9.46. The second-order valence-corrected chi connectivity index (χ2v) is 6.91. The first-order valence-corrected chi connectivity index (χ1v) is 9.40. The van der Waals surface area contributed by atoms with Crippen LogP contribution in [-0.2, 0) is 11.2 Å². The van der Waals surface area contributed by atoms with Crippen LogP contribution < -0.4 is 5.32 Å². The molecule has 0 heterocycles. The molecule has 0 saturated heterocycles. The lowest BCUT2D eigenvalue weighted by Gasteiger charge is -2.18. The van der Waals surface area contributed by atoms with Crippen LogP contribution >= 0.6 is 0 Å². The molecule has 2 nitrogen and oxygen atoms in total. The van der Waals surface area contributed by atoms with Crippen molar-refractivity contribution in [1.82, 2.24) is 5.32 Å². The predicted octanol–water partition coefficient (Wildman–Crippen LogP) is 5.35. The molecule has 0 radical (unpaired) electrons. The van der Waals surface area contributed by atoms with Gasteiger partial charge >= 0.3 is 0 Å². The zero-order valence-corrected chi connectivity index (χ0v) is 15.3. The summed E-state index contributed by atoms with van der Waals surface area (Å²) in [4.78, 5) is 12.5. The van der Waals surface area contributed by atoms with E-state index in [0.29, 0.717) is 5.92 Å². The van der Waals surface area contributed by atoms with Crippen LogP contribution in [0.25, 0.3) is 10.8 Å². The Labute approximate surface area is 146 Å². The number of fused-ring (bicyclic) bond motifs is 1. The van der Waals surface area contributed by atoms with Crippen molar-refractivity contribution in [3.63, 3.8) is 0 Å². The maximum Gasteiger partial charge on any atom is 0.223 e. The van der Waals surface area contributed by atoms with Crippen LogP contribution in [-0.4, -0.2) is 12.5 Å². The standard InChI is InChI=1S/C22H31NO/c1-4-6-10-18(5-2)16-23-22(24)17(3)15-20-13-9-12-19-11-7-8-14-21(19)20/h7-9,11-14,17-18H,4-6,10,15-16H2,1-3H3,(H,23,24)/t17-,18-/m0/s1. The lowest BCUT2D eigenvalue weighted by atomic mass is 9.95. The largest absolute Gasteiger partial charge is 0.356 e. The average molecular weight is 325 g/mol. The van der Waals surface area contributed by atoms with E-state index in [0.717, 1.165) is 19.4 Å². The third kappa shape index (κ3) is 5.09. The minimum atomic E-state index is -0.000475. The van der Waals surface area contributed by atoms with Crippen LogP contribution in [0.5, 0.6) is 0 Å². The van der Waals surface area contributed by atoms with Gasteiger partial charge in [-0.05, 0) is 35.1 Å². The minimum Gasteiger partial charge on any atom is -0.356 e. The molecule has 0 aliphatic carbocycles. The van der Waals surface area contributed by atoms with Crippen molar-refractivity contribution in [2.45, 2.75) is 52.9 Å². The summed E-state index contributed by atoms with van der Waals surface area (Å²) in [5, 5.41) is 5.67. The number of rotatable bonds is 9. The fraction of sp³-hybridized carbons (Fsp3) is 0.500. The number of carbonyl (C=O) groups is 1. The molecule has 0 aliphatic heterocycles. The quantitative estimate of drug-likeness (QED) is 0.661. The third-order valence-electron chi connectivity index (χ3n) is 4.96. The molecular weight excluding hydrogens is 294 g/mol. The maximum absolute atomic E-state index is 12.5. The molecule has 0 saturated carbocycles. The van der Waals surface area contributed by atoms with Gasteiger partial charge in [0.05, 0.1) is 0 Å². The molecule has 2 atom stereocenters. The number of benzene rings is 2. The van der Waals surface area contributed by atoms with Gasteiger partial charge in [-0.15, -0.1) is 0 Å². The minimum absolute atomic E-state index is 0.000475. The van der Waals surface area contributed by atoms with E-state index in [1.807, 2.05) is 6.92 Å². The van der Waals surface area contributed by atoms with Gasteiger partial charge in [0.2, 0.25) is 5.91 Å². The van der Waals surface area contributed by atoms with Crippen LogP contribution in [0.2, 0.25) is 0 Å². The summed E-state index contributed by atoms with van der Waals surface area (Å²) in [6.45, 7) is 7.28. The number of unbranched alkanes of at least 4 members (excludes halogenated alkanes) is 1. The molecule has 0 aliphatic rings. The molecule has 2 heteroatoms. The van der Waals surface area contributed by atoms with Crippen molar-refractivity contribution in [2.75, 3.05) is 6.54 Å². The van der Waals surface area contributed by atoms with E-state index in [-0.39, 0.29) is 11.8 Å². The Morgan fingerprint density at radius 1 is 1.08 bits per heavy atom. The molecule has 2 aromatic rings. The SMILES string of the molecule is CCCC[C@H](CC)CNC(=O)[C@@H](C)Cc1cccc2ccccc12. The summed E-state index contributed by atoms with van der Waals surface area (Å²) < 4.78 is 0. The van der Waals surface area contributed by atoms with E-state index in [1.165, 1.54) is 35.6 Å². The summed E-state index contributed by atoms with van der Waals surface area (Å²) in [7, 11) is 0. The number of hydrogen-bond donors (Lipinski definition) is 1. The van der Waals surface area contributed by atoms with Gasteiger partial charge in [0, 0.05) is 12.5 Å². The molecule has 1 amide bonds. The van der Waals surface area contributed by atoms with E-state index >= 15 is 0 Å². The third-order valence-corrected chi connectivity index (χ3v) is 4.96. The number of nitrogens with one attached hydrogen (secondary N) is 1. The number of hydrogen-bond acceptors (Lipinski definition) is 1. The molecule has 0 aromatic heterocycles. The van der Waals surface area contributed by atoms with E-state index in [2.05, 4.69) is 61.6 Å². The molecule has 0 fully saturated rings. The highest BCUT2D eigenvalue weighted by molar-refractivity contribution is 5.86. The molecule has 2 rings (SSSR count). The molecule has 2 aromatic carbocycles. The van der Waals surface area contributed by atoms with Crippen LogP contribution in [0.1, 0.15) is 52.0 Å². The highest BCUT2D eigenvalue weighted by Gasteiger charge is 2.16. The van der Waals surface area contributed by atoms with Gasteiger partial charge in [-0.1, -0.05) is 82.5 Å². The molecule has 1 N–H and O–H groups in total. The topological polar surface area (TPSA) is 29.1 Å². The van der Waals surface area contributed by atoms with E-state index < -0.39 is 0 Å². The van der Waals surface area contributed by atoms with Crippen LogP contribution in [0.15, 0.2) is 42.5 Å². The van der Waals surface area contributed by atoms with E-state index in [1.54, 1.807) is 0 Å². The molecule has 24 heavy (non-hydrogen) atoms. The molecule has 0 bridgehead atoms. The molecule has 130 valence electrons. The zero-order chi connectivity index (χ0) is 17.4. The van der Waals surface area contributed by atoms with Crippen molar-refractivity contribution < 1.29 is 4.79 Å². The van der Waals surface area contributed by atoms with E-state index in [9.17, 15) is 4.79 Å². The number of amides is 1. The van der Waals surface area contributed by atoms with Crippen molar-refractivity contribution in [3.8, 4) is 0 Å². The van der Waals surface area contributed by atoms with Crippen molar-refractivity contribution in [3.05, 3.63) is 48.0 Å². The van der Waals surface area contributed by atoms with Crippen molar-refractivity contribution in [2.24, 2.45) is 11.8 Å². The Kier molecular flexibility index (Phi) is 7.30. The van der Waals surface area contributed by atoms with Gasteiger partial charge in [0.1, 0.15) is 0 Å². The fourth-order valence-corrected chi connectivity index (χ4v) is 3.26. The zero-order valence-electron chi connectivity index (χ0n) is 15.3. The Bertz CT molecular complexity index is 644. The van der Waals surface area contributed by atoms with Crippen LogP contribution in [0.4, 0.5) is 0 Å². The van der Waals surface area contributed by atoms with Crippen molar-refractivity contribution >= 4 is 16.7 Å². The van der Waals surface area contributed by atoms with Crippen molar-refractivity contribution in [1.29, 1.82) is 0 Å². The summed E-state index contributed by atoms with van der Waals surface area (Å²) in [5.41, 5.74) is 1.26. The molecule has 0 spiro atoms. The highest BCUT2D eigenvalue weighted by Crippen LogP contribution is 2.21. The van der Waals surface area contributed by atoms with Gasteiger partial charge in [0.25, 0.3) is 0 Å². The monoisotopic (exact) mass is 325 g/mol. The summed E-state index contributed by atoms with van der Waals surface area (Å²) >= 11 is 0. The summed E-state index contributed by atoms with van der Waals surface area (Å²) in [6, 6.07) is 14.8. The number of carbonyl (C=O) groups excluding carboxylic acids is 1. The molecular formula is C22H31NO. The lowest BCUT2D eigenvalue weighted by Crippen LogP contribution is -2.34. The smallest absolute Gasteiger partial charge is 0.223 e. The van der Waals surface area contributed by atoms with Gasteiger partial charge in [-0.2, -0.15) is 0 Å².